The van der Waals surface area contributed by atoms with Crippen molar-refractivity contribution >= 4 is 15.9 Å². The van der Waals surface area contributed by atoms with Gasteiger partial charge in [-0.1, -0.05) is 11.2 Å². The topological polar surface area (TPSA) is 115 Å². The largest absolute Gasteiger partial charge is 0.379 e. The molecule has 1 atom stereocenters. The van der Waals surface area contributed by atoms with Crippen LogP contribution in [0.2, 0.25) is 0 Å². The number of nitrogens with zero attached hydrogens (tertiary/aromatic N) is 3. The smallest absolute Gasteiger partial charge is 0.251 e. The van der Waals surface area contributed by atoms with Crippen LogP contribution in [0.5, 0.6) is 0 Å². The Hall–Kier alpha value is -2.30. The average Bonchev–Trinajstić information content (AvgIpc) is 3.33. The number of benzene rings is 1. The third-order valence-corrected chi connectivity index (χ3v) is 5.98. The molecule has 9 nitrogen and oxygen atoms in total. The predicted octanol–water partition coefficient (Wildman–Crippen LogP) is 0.452. The van der Waals surface area contributed by atoms with E-state index >= 15 is 0 Å². The molecule has 26 heavy (non-hydrogen) atoms. The second-order valence-corrected chi connectivity index (χ2v) is 8.03. The fraction of sp³-hybridized carbons (Fsp3) is 0.438. The fourth-order valence-electron chi connectivity index (χ4n) is 2.58. The van der Waals surface area contributed by atoms with Crippen LogP contribution in [0.3, 0.4) is 0 Å². The Morgan fingerprint density at radius 3 is 2.96 bits per heavy atom. The fourth-order valence-corrected chi connectivity index (χ4v) is 3.79. The quantitative estimate of drug-likeness (QED) is 0.742. The first-order valence-electron chi connectivity index (χ1n) is 8.17. The van der Waals surface area contributed by atoms with Crippen LogP contribution in [0.15, 0.2) is 40.1 Å². The number of sulfonamides is 1. The summed E-state index contributed by atoms with van der Waals surface area (Å²) in [4.78, 5) is 16.3. The van der Waals surface area contributed by atoms with E-state index in [2.05, 4.69) is 20.0 Å². The number of aromatic nitrogens is 2. The minimum atomic E-state index is -3.73. The van der Waals surface area contributed by atoms with Gasteiger partial charge < -0.3 is 14.6 Å². The highest BCUT2D eigenvalue weighted by atomic mass is 32.2. The van der Waals surface area contributed by atoms with E-state index in [1.165, 1.54) is 29.9 Å². The molecule has 2 aromatic rings. The predicted molar refractivity (Wildman–Crippen MR) is 91.0 cm³/mol. The molecular weight excluding hydrogens is 360 g/mol. The van der Waals surface area contributed by atoms with Crippen LogP contribution in [0, 0.1) is 0 Å². The van der Waals surface area contributed by atoms with Crippen LogP contribution < -0.4 is 5.32 Å². The molecule has 1 saturated heterocycles. The van der Waals surface area contributed by atoms with Crippen molar-refractivity contribution in [3.05, 3.63) is 42.0 Å². The van der Waals surface area contributed by atoms with E-state index in [4.69, 9.17) is 4.74 Å². The van der Waals surface area contributed by atoms with Gasteiger partial charge in [0.15, 0.2) is 5.82 Å². The van der Waals surface area contributed by atoms with Gasteiger partial charge in [-0.15, -0.1) is 0 Å². The van der Waals surface area contributed by atoms with E-state index in [0.717, 1.165) is 6.42 Å². The van der Waals surface area contributed by atoms with Gasteiger partial charge in [0.05, 0.1) is 17.5 Å². The van der Waals surface area contributed by atoms with Gasteiger partial charge in [0.1, 0.15) is 0 Å². The highest BCUT2D eigenvalue weighted by Crippen LogP contribution is 2.17. The van der Waals surface area contributed by atoms with Crippen molar-refractivity contribution < 1.29 is 22.5 Å². The molecule has 0 bridgehead atoms. The monoisotopic (exact) mass is 380 g/mol. The lowest BCUT2D eigenvalue weighted by molar-refractivity contribution is 0.0929. The summed E-state index contributed by atoms with van der Waals surface area (Å²) in [6, 6.07) is 5.95. The molecule has 1 aliphatic rings. The summed E-state index contributed by atoms with van der Waals surface area (Å²) in [7, 11) is -2.26. The molecule has 1 fully saturated rings. The Labute approximate surface area is 151 Å². The lowest BCUT2D eigenvalue weighted by atomic mass is 10.2. The maximum absolute atomic E-state index is 12.7. The Balaban J connectivity index is 1.69. The van der Waals surface area contributed by atoms with Crippen molar-refractivity contribution in [3.63, 3.8) is 0 Å². The highest BCUT2D eigenvalue weighted by molar-refractivity contribution is 7.89. The van der Waals surface area contributed by atoms with Gasteiger partial charge >= 0.3 is 0 Å². The van der Waals surface area contributed by atoms with Crippen molar-refractivity contribution in [2.45, 2.75) is 23.8 Å². The standard InChI is InChI=1S/C16H20N4O5S/c1-20(7-5-15-17-11-25-19-15)26(22,23)14-4-2-3-12(9-14)16(21)18-13-6-8-24-10-13/h2-4,9,11,13H,5-8,10H2,1H3,(H,18,21)/t13-/m1/s1. The minimum Gasteiger partial charge on any atom is -0.379 e. The molecule has 10 heteroatoms. The zero-order chi connectivity index (χ0) is 18.6. The SMILES string of the molecule is CN(CCc1ncon1)S(=O)(=O)c1cccc(C(=O)N[C@@H]2CCOC2)c1. The molecule has 140 valence electrons. The van der Waals surface area contributed by atoms with Crippen molar-refractivity contribution in [1.82, 2.24) is 19.8 Å². The summed E-state index contributed by atoms with van der Waals surface area (Å²) in [5.74, 6) is 0.117. The Kier molecular flexibility index (Phi) is 5.64. The van der Waals surface area contributed by atoms with Gasteiger partial charge in [-0.3, -0.25) is 4.79 Å². The first-order chi connectivity index (χ1) is 12.5. The third-order valence-electron chi connectivity index (χ3n) is 4.13. The Bertz CT molecular complexity index is 847. The maximum atomic E-state index is 12.7. The third kappa shape index (κ3) is 4.26. The Morgan fingerprint density at radius 1 is 1.42 bits per heavy atom. The van der Waals surface area contributed by atoms with Crippen LogP contribution >= 0.6 is 0 Å². The maximum Gasteiger partial charge on any atom is 0.251 e. The molecule has 1 aromatic carbocycles. The molecule has 0 saturated carbocycles. The number of ether oxygens (including phenoxy) is 1. The Morgan fingerprint density at radius 2 is 2.27 bits per heavy atom. The van der Waals surface area contributed by atoms with Gasteiger partial charge in [-0.05, 0) is 24.6 Å². The number of amides is 1. The lowest BCUT2D eigenvalue weighted by Gasteiger charge is -2.17. The number of hydrogen-bond donors (Lipinski definition) is 1. The van der Waals surface area contributed by atoms with Gasteiger partial charge in [-0.25, -0.2) is 12.7 Å². The van der Waals surface area contributed by atoms with Crippen LogP contribution in [-0.4, -0.2) is 61.6 Å². The van der Waals surface area contributed by atoms with Crippen molar-refractivity contribution in [2.24, 2.45) is 0 Å². The van der Waals surface area contributed by atoms with Crippen LogP contribution in [-0.2, 0) is 21.2 Å². The molecule has 1 aromatic heterocycles. The zero-order valence-electron chi connectivity index (χ0n) is 14.3. The molecule has 1 amide bonds. The summed E-state index contributed by atoms with van der Waals surface area (Å²) >= 11 is 0. The molecule has 0 spiro atoms. The molecule has 1 N–H and O–H groups in total. The van der Waals surface area contributed by atoms with Crippen LogP contribution in [0.25, 0.3) is 0 Å². The second-order valence-electron chi connectivity index (χ2n) is 5.99. The molecule has 0 radical (unpaired) electrons. The van der Waals surface area contributed by atoms with E-state index in [-0.39, 0.29) is 23.4 Å². The van der Waals surface area contributed by atoms with Crippen LogP contribution in [0.4, 0.5) is 0 Å². The van der Waals surface area contributed by atoms with Crippen LogP contribution in [0.1, 0.15) is 22.6 Å². The first kappa shape index (κ1) is 18.5. The minimum absolute atomic E-state index is 0.0413. The molecule has 1 aliphatic heterocycles. The van der Waals surface area contributed by atoms with Crippen molar-refractivity contribution in [2.75, 3.05) is 26.8 Å². The van der Waals surface area contributed by atoms with E-state index in [9.17, 15) is 13.2 Å². The first-order valence-corrected chi connectivity index (χ1v) is 9.61. The zero-order valence-corrected chi connectivity index (χ0v) is 15.1. The van der Waals surface area contributed by atoms with Gasteiger partial charge in [0, 0.05) is 32.2 Å². The number of carbonyl (C=O) groups excluding carboxylic acids is 1. The summed E-state index contributed by atoms with van der Waals surface area (Å²) in [5.41, 5.74) is 0.296. The second kappa shape index (κ2) is 7.94. The van der Waals surface area contributed by atoms with E-state index in [1.807, 2.05) is 0 Å². The van der Waals surface area contributed by atoms with E-state index < -0.39 is 10.0 Å². The number of nitrogens with one attached hydrogen (secondary N) is 1. The molecule has 2 heterocycles. The number of carbonyl (C=O) groups is 1. The number of likely N-dealkylation sites (N-methyl/N-ethyl adjacent to an activating group) is 1. The van der Waals surface area contributed by atoms with Gasteiger partial charge in [-0.2, -0.15) is 4.98 Å². The lowest BCUT2D eigenvalue weighted by Crippen LogP contribution is -2.35. The molecule has 3 rings (SSSR count). The molecule has 0 aliphatic carbocycles. The normalized spacial score (nSPS) is 17.5. The summed E-state index contributed by atoms with van der Waals surface area (Å²) in [6.45, 7) is 1.28. The highest BCUT2D eigenvalue weighted by Gasteiger charge is 2.23. The van der Waals surface area contributed by atoms with Gasteiger partial charge in [0.25, 0.3) is 5.91 Å². The van der Waals surface area contributed by atoms with E-state index in [0.29, 0.717) is 31.0 Å². The number of rotatable bonds is 7. The number of hydrogen-bond acceptors (Lipinski definition) is 7. The summed E-state index contributed by atoms with van der Waals surface area (Å²) in [6.07, 6.45) is 2.28. The van der Waals surface area contributed by atoms with Crippen molar-refractivity contribution in [3.8, 4) is 0 Å². The average molecular weight is 380 g/mol. The van der Waals surface area contributed by atoms with E-state index in [1.54, 1.807) is 12.1 Å². The summed E-state index contributed by atoms with van der Waals surface area (Å²) < 4.78 is 36.5. The molecular formula is C16H20N4O5S. The van der Waals surface area contributed by atoms with Gasteiger partial charge in [0.2, 0.25) is 16.4 Å². The molecule has 0 unspecified atom stereocenters. The summed E-state index contributed by atoms with van der Waals surface area (Å²) in [5, 5.41) is 6.51. The van der Waals surface area contributed by atoms with Crippen molar-refractivity contribution in [1.29, 1.82) is 0 Å².